The van der Waals surface area contributed by atoms with Crippen LogP contribution in [0, 0.1) is 27.4 Å². The summed E-state index contributed by atoms with van der Waals surface area (Å²) in [6, 6.07) is 7.57. The second kappa shape index (κ2) is 7.65. The number of carbonyl (C=O) groups excluding carboxylic acids is 1. The molecule has 0 aliphatic heterocycles. The highest BCUT2D eigenvalue weighted by Gasteiger charge is 2.09. The number of anilines is 1. The van der Waals surface area contributed by atoms with Gasteiger partial charge >= 0.3 is 0 Å². The lowest BCUT2D eigenvalue weighted by Crippen LogP contribution is -2.28. The number of carbonyl (C=O) groups is 1. The van der Waals surface area contributed by atoms with Crippen LogP contribution in [0.3, 0.4) is 0 Å². The molecule has 0 heterocycles. The van der Waals surface area contributed by atoms with Crippen LogP contribution in [0.25, 0.3) is 0 Å². The molecule has 1 aromatic rings. The van der Waals surface area contributed by atoms with Crippen molar-refractivity contribution in [2.45, 2.75) is 13.8 Å². The Morgan fingerprint density at radius 2 is 2.24 bits per heavy atom. The van der Waals surface area contributed by atoms with Gasteiger partial charge in [0, 0.05) is 30.6 Å². The number of nitrogens with zero attached hydrogens (tertiary/aromatic N) is 2. The molecule has 1 aromatic carbocycles. The van der Waals surface area contributed by atoms with Gasteiger partial charge in [-0.05, 0) is 12.0 Å². The molecule has 110 valence electrons. The lowest BCUT2D eigenvalue weighted by molar-refractivity contribution is -0.384. The van der Waals surface area contributed by atoms with Crippen LogP contribution in [0.1, 0.15) is 13.8 Å². The Morgan fingerprint density at radius 1 is 1.52 bits per heavy atom. The highest BCUT2D eigenvalue weighted by atomic mass is 16.6. The van der Waals surface area contributed by atoms with Crippen LogP contribution in [0.4, 0.5) is 11.4 Å². The van der Waals surface area contributed by atoms with Gasteiger partial charge in [0.05, 0.1) is 4.92 Å². The van der Waals surface area contributed by atoms with Crippen molar-refractivity contribution in [2.75, 3.05) is 11.9 Å². The Hall–Kier alpha value is -2.88. The zero-order valence-electron chi connectivity index (χ0n) is 11.8. The number of amides is 1. The van der Waals surface area contributed by atoms with Crippen molar-refractivity contribution < 1.29 is 9.72 Å². The first kappa shape index (κ1) is 16.2. The van der Waals surface area contributed by atoms with Crippen LogP contribution >= 0.6 is 0 Å². The first-order valence-corrected chi connectivity index (χ1v) is 6.33. The summed E-state index contributed by atoms with van der Waals surface area (Å²) in [7, 11) is 0. The second-order valence-corrected chi connectivity index (χ2v) is 4.73. The largest absolute Gasteiger partial charge is 0.360 e. The van der Waals surface area contributed by atoms with Gasteiger partial charge < -0.3 is 10.6 Å². The van der Waals surface area contributed by atoms with E-state index >= 15 is 0 Å². The van der Waals surface area contributed by atoms with E-state index < -0.39 is 10.8 Å². The summed E-state index contributed by atoms with van der Waals surface area (Å²) < 4.78 is 0. The summed E-state index contributed by atoms with van der Waals surface area (Å²) in [5.41, 5.74) is 0.256. The molecular weight excluding hydrogens is 272 g/mol. The standard InChI is InChI=1S/C14H16N4O3/c1-10(2)8-17-14(19)11(7-15)9-16-12-4-3-5-13(6-12)18(20)21/h3-6,9-10,16H,8H2,1-2H3,(H,17,19)/b11-9-. The van der Waals surface area contributed by atoms with Gasteiger partial charge in [-0.2, -0.15) is 5.26 Å². The number of nitro benzene ring substituents is 1. The Bertz CT molecular complexity index is 602. The van der Waals surface area contributed by atoms with E-state index in [1.807, 2.05) is 13.8 Å². The van der Waals surface area contributed by atoms with Gasteiger partial charge in [0.15, 0.2) is 0 Å². The number of non-ortho nitro benzene ring substituents is 1. The minimum Gasteiger partial charge on any atom is -0.360 e. The Morgan fingerprint density at radius 3 is 2.81 bits per heavy atom. The number of hydrogen-bond acceptors (Lipinski definition) is 5. The Labute approximate surface area is 122 Å². The van der Waals surface area contributed by atoms with E-state index in [0.29, 0.717) is 12.2 Å². The molecule has 1 amide bonds. The van der Waals surface area contributed by atoms with Crippen molar-refractivity contribution in [3.8, 4) is 6.07 Å². The normalized spacial score (nSPS) is 10.9. The fourth-order valence-corrected chi connectivity index (χ4v) is 1.41. The quantitative estimate of drug-likeness (QED) is 0.361. The third-order valence-electron chi connectivity index (χ3n) is 2.48. The SMILES string of the molecule is CC(C)CNC(=O)/C(C#N)=C\Nc1cccc([N+](=O)[O-])c1. The topological polar surface area (TPSA) is 108 Å². The van der Waals surface area contributed by atoms with E-state index in [1.165, 1.54) is 24.4 Å². The molecule has 1 rings (SSSR count). The minimum absolute atomic E-state index is 0.0730. The fraction of sp³-hybridized carbons (Fsp3) is 0.286. The molecule has 7 nitrogen and oxygen atoms in total. The highest BCUT2D eigenvalue weighted by molar-refractivity contribution is 5.97. The first-order valence-electron chi connectivity index (χ1n) is 6.33. The van der Waals surface area contributed by atoms with Gasteiger partial charge in [-0.1, -0.05) is 19.9 Å². The lowest BCUT2D eigenvalue weighted by Gasteiger charge is -2.07. The highest BCUT2D eigenvalue weighted by Crippen LogP contribution is 2.17. The first-order chi connectivity index (χ1) is 9.93. The van der Waals surface area contributed by atoms with E-state index in [9.17, 15) is 14.9 Å². The summed E-state index contributed by atoms with van der Waals surface area (Å²) in [5.74, 6) is -0.206. The van der Waals surface area contributed by atoms with Crippen LogP contribution in [0.15, 0.2) is 36.0 Å². The van der Waals surface area contributed by atoms with Crippen LogP contribution in [-0.4, -0.2) is 17.4 Å². The molecular formula is C14H16N4O3. The molecule has 0 fully saturated rings. The summed E-state index contributed by atoms with van der Waals surface area (Å²) in [5, 5.41) is 24.9. The van der Waals surface area contributed by atoms with Crippen molar-refractivity contribution in [1.29, 1.82) is 5.26 Å². The number of nitriles is 1. The zero-order valence-corrected chi connectivity index (χ0v) is 11.8. The average Bonchev–Trinajstić information content (AvgIpc) is 2.46. The molecule has 0 bridgehead atoms. The van der Waals surface area contributed by atoms with Gasteiger partial charge in [0.25, 0.3) is 11.6 Å². The molecule has 0 aromatic heterocycles. The predicted octanol–water partition coefficient (Wildman–Crippen LogP) is 2.19. The van der Waals surface area contributed by atoms with Gasteiger partial charge in [0.1, 0.15) is 11.6 Å². The Balaban J connectivity index is 2.77. The number of nitro groups is 1. The number of nitrogens with one attached hydrogen (secondary N) is 2. The molecule has 21 heavy (non-hydrogen) atoms. The number of hydrogen-bond donors (Lipinski definition) is 2. The molecule has 0 unspecified atom stereocenters. The van der Waals surface area contributed by atoms with E-state index in [2.05, 4.69) is 10.6 Å². The van der Waals surface area contributed by atoms with Crippen molar-refractivity contribution in [3.05, 3.63) is 46.2 Å². The van der Waals surface area contributed by atoms with Gasteiger partial charge in [-0.15, -0.1) is 0 Å². The van der Waals surface area contributed by atoms with Gasteiger partial charge in [0.2, 0.25) is 0 Å². The molecule has 7 heteroatoms. The van der Waals surface area contributed by atoms with Crippen LogP contribution in [0.5, 0.6) is 0 Å². The Kier molecular flexibility index (Phi) is 5.89. The van der Waals surface area contributed by atoms with Crippen molar-refractivity contribution >= 4 is 17.3 Å². The lowest BCUT2D eigenvalue weighted by atomic mass is 10.2. The maximum Gasteiger partial charge on any atom is 0.271 e. The summed E-state index contributed by atoms with van der Waals surface area (Å²) in [6.07, 6.45) is 1.23. The van der Waals surface area contributed by atoms with Crippen molar-refractivity contribution in [3.63, 3.8) is 0 Å². The maximum atomic E-state index is 11.7. The predicted molar refractivity (Wildman–Crippen MR) is 78.3 cm³/mol. The maximum absolute atomic E-state index is 11.7. The summed E-state index contributed by atoms with van der Waals surface area (Å²) in [4.78, 5) is 21.9. The second-order valence-electron chi connectivity index (χ2n) is 4.73. The van der Waals surface area contributed by atoms with Gasteiger partial charge in [-0.3, -0.25) is 14.9 Å². The molecule has 0 aliphatic rings. The smallest absolute Gasteiger partial charge is 0.271 e. The van der Waals surface area contributed by atoms with E-state index in [4.69, 9.17) is 5.26 Å². The summed E-state index contributed by atoms with van der Waals surface area (Å²) in [6.45, 7) is 4.35. The summed E-state index contributed by atoms with van der Waals surface area (Å²) >= 11 is 0. The van der Waals surface area contributed by atoms with Crippen LogP contribution in [0.2, 0.25) is 0 Å². The van der Waals surface area contributed by atoms with Crippen LogP contribution in [-0.2, 0) is 4.79 Å². The van der Waals surface area contributed by atoms with Crippen LogP contribution < -0.4 is 10.6 Å². The van der Waals surface area contributed by atoms with E-state index in [0.717, 1.165) is 0 Å². The number of benzene rings is 1. The fourth-order valence-electron chi connectivity index (χ4n) is 1.41. The average molecular weight is 288 g/mol. The third-order valence-corrected chi connectivity index (χ3v) is 2.48. The number of rotatable bonds is 6. The van der Waals surface area contributed by atoms with Gasteiger partial charge in [-0.25, -0.2) is 0 Å². The van der Waals surface area contributed by atoms with E-state index in [-0.39, 0.29) is 17.2 Å². The molecule has 0 spiro atoms. The van der Waals surface area contributed by atoms with Crippen molar-refractivity contribution in [2.24, 2.45) is 5.92 Å². The molecule has 0 atom stereocenters. The molecule has 0 radical (unpaired) electrons. The molecule has 0 saturated carbocycles. The molecule has 0 saturated heterocycles. The monoisotopic (exact) mass is 288 g/mol. The molecule has 2 N–H and O–H groups in total. The van der Waals surface area contributed by atoms with E-state index in [1.54, 1.807) is 12.1 Å². The van der Waals surface area contributed by atoms with Crippen molar-refractivity contribution in [1.82, 2.24) is 5.32 Å². The molecule has 0 aliphatic carbocycles. The minimum atomic E-state index is -0.518. The zero-order chi connectivity index (χ0) is 15.8. The third kappa shape index (κ3) is 5.32.